The number of hydrogen-bond donors (Lipinski definition) is 1. The van der Waals surface area contributed by atoms with E-state index in [9.17, 15) is 9.59 Å². The molecule has 0 aliphatic rings. The van der Waals surface area contributed by atoms with E-state index in [-0.39, 0.29) is 12.4 Å². The van der Waals surface area contributed by atoms with E-state index in [1.807, 2.05) is 19.2 Å². The Morgan fingerprint density at radius 1 is 1.26 bits per heavy atom. The summed E-state index contributed by atoms with van der Waals surface area (Å²) in [6.45, 7) is 1.45. The zero-order valence-electron chi connectivity index (χ0n) is 11.3. The van der Waals surface area contributed by atoms with Crippen LogP contribution in [0.25, 0.3) is 0 Å². The molecular weight excluding hydrogens is 246 g/mol. The van der Waals surface area contributed by atoms with E-state index < -0.39 is 5.97 Å². The fraction of sp³-hybridized carbons (Fsp3) is 0.429. The second kappa shape index (κ2) is 7.53. The van der Waals surface area contributed by atoms with Crippen LogP contribution in [0.3, 0.4) is 0 Å². The van der Waals surface area contributed by atoms with Crippen LogP contribution in [-0.2, 0) is 16.1 Å². The van der Waals surface area contributed by atoms with Gasteiger partial charge in [-0.3, -0.25) is 4.79 Å². The summed E-state index contributed by atoms with van der Waals surface area (Å²) in [5, 5.41) is 8.56. The number of carbonyl (C=O) groups excluding carboxylic acids is 1. The Kier molecular flexibility index (Phi) is 6.02. The molecule has 5 nitrogen and oxygen atoms in total. The van der Waals surface area contributed by atoms with Crippen molar-refractivity contribution in [1.82, 2.24) is 4.90 Å². The van der Waals surface area contributed by atoms with Crippen molar-refractivity contribution in [3.63, 3.8) is 0 Å². The SMILES string of the molecule is COC(=O)c1ccc(CN(C)CCCC(=O)O)cc1. The first-order valence-corrected chi connectivity index (χ1v) is 6.10. The second-order valence-electron chi connectivity index (χ2n) is 4.42. The first-order chi connectivity index (χ1) is 9.02. The molecule has 104 valence electrons. The number of benzene rings is 1. The maximum Gasteiger partial charge on any atom is 0.337 e. The third kappa shape index (κ3) is 5.52. The van der Waals surface area contributed by atoms with E-state index >= 15 is 0 Å². The van der Waals surface area contributed by atoms with Crippen LogP contribution in [0.1, 0.15) is 28.8 Å². The molecule has 0 spiro atoms. The molecule has 0 aliphatic carbocycles. The number of carboxylic acids is 1. The topological polar surface area (TPSA) is 66.8 Å². The zero-order chi connectivity index (χ0) is 14.3. The lowest BCUT2D eigenvalue weighted by molar-refractivity contribution is -0.137. The number of nitrogens with zero attached hydrogens (tertiary/aromatic N) is 1. The van der Waals surface area contributed by atoms with Crippen LogP contribution in [0.2, 0.25) is 0 Å². The van der Waals surface area contributed by atoms with E-state index in [4.69, 9.17) is 5.11 Å². The molecule has 0 unspecified atom stereocenters. The summed E-state index contributed by atoms with van der Waals surface area (Å²) in [6, 6.07) is 7.21. The predicted molar refractivity (Wildman–Crippen MR) is 71.0 cm³/mol. The van der Waals surface area contributed by atoms with Crippen molar-refractivity contribution < 1.29 is 19.4 Å². The Labute approximate surface area is 112 Å². The summed E-state index contributed by atoms with van der Waals surface area (Å²) in [5.41, 5.74) is 1.60. The van der Waals surface area contributed by atoms with E-state index in [1.54, 1.807) is 12.1 Å². The standard InChI is InChI=1S/C14H19NO4/c1-15(9-3-4-13(16)17)10-11-5-7-12(8-6-11)14(18)19-2/h5-8H,3-4,9-10H2,1-2H3,(H,16,17). The number of hydrogen-bond acceptors (Lipinski definition) is 4. The highest BCUT2D eigenvalue weighted by molar-refractivity contribution is 5.89. The first-order valence-electron chi connectivity index (χ1n) is 6.10. The predicted octanol–water partition coefficient (Wildman–Crippen LogP) is 1.77. The summed E-state index contributed by atoms with van der Waals surface area (Å²) in [4.78, 5) is 23.7. The van der Waals surface area contributed by atoms with E-state index in [0.717, 1.165) is 18.7 Å². The Hall–Kier alpha value is -1.88. The van der Waals surface area contributed by atoms with Crippen molar-refractivity contribution in [3.05, 3.63) is 35.4 Å². The Morgan fingerprint density at radius 3 is 2.42 bits per heavy atom. The summed E-state index contributed by atoms with van der Waals surface area (Å²) < 4.78 is 4.63. The first kappa shape index (κ1) is 15.2. The van der Waals surface area contributed by atoms with Crippen molar-refractivity contribution in [3.8, 4) is 0 Å². The smallest absolute Gasteiger partial charge is 0.337 e. The van der Waals surface area contributed by atoms with Gasteiger partial charge in [0.2, 0.25) is 0 Å². The maximum absolute atomic E-state index is 11.3. The minimum atomic E-state index is -0.768. The number of rotatable bonds is 7. The lowest BCUT2D eigenvalue weighted by Crippen LogP contribution is -2.19. The van der Waals surface area contributed by atoms with Crippen molar-refractivity contribution in [1.29, 1.82) is 0 Å². The molecule has 1 N–H and O–H groups in total. The van der Waals surface area contributed by atoms with Crippen LogP contribution in [0, 0.1) is 0 Å². The second-order valence-corrected chi connectivity index (χ2v) is 4.42. The molecule has 0 bridgehead atoms. The molecule has 0 amide bonds. The number of carboxylic acid groups (broad SMARTS) is 1. The summed E-state index contributed by atoms with van der Waals surface area (Å²) in [7, 11) is 3.29. The fourth-order valence-electron chi connectivity index (χ4n) is 1.76. The van der Waals surface area contributed by atoms with Gasteiger partial charge in [-0.25, -0.2) is 4.79 Å². The quantitative estimate of drug-likeness (QED) is 0.761. The molecule has 1 aromatic rings. The molecule has 0 heterocycles. The number of aliphatic carboxylic acids is 1. The van der Waals surface area contributed by atoms with Gasteiger partial charge < -0.3 is 14.7 Å². The van der Waals surface area contributed by atoms with E-state index in [1.165, 1.54) is 7.11 Å². The van der Waals surface area contributed by atoms with Gasteiger partial charge in [-0.15, -0.1) is 0 Å². The van der Waals surface area contributed by atoms with E-state index in [2.05, 4.69) is 9.64 Å². The normalized spacial score (nSPS) is 10.5. The number of ether oxygens (including phenoxy) is 1. The van der Waals surface area contributed by atoms with Gasteiger partial charge in [0.05, 0.1) is 12.7 Å². The molecule has 0 saturated heterocycles. The van der Waals surface area contributed by atoms with Gasteiger partial charge in [-0.1, -0.05) is 12.1 Å². The highest BCUT2D eigenvalue weighted by Gasteiger charge is 2.06. The van der Waals surface area contributed by atoms with E-state index in [0.29, 0.717) is 12.0 Å². The number of esters is 1. The largest absolute Gasteiger partial charge is 0.481 e. The molecule has 1 rings (SSSR count). The molecule has 19 heavy (non-hydrogen) atoms. The highest BCUT2D eigenvalue weighted by Crippen LogP contribution is 2.08. The van der Waals surface area contributed by atoms with Gasteiger partial charge in [0.1, 0.15) is 0 Å². The highest BCUT2D eigenvalue weighted by atomic mass is 16.5. The summed E-state index contributed by atoms with van der Waals surface area (Å²) in [5.74, 6) is -1.11. The molecule has 0 fully saturated rings. The summed E-state index contributed by atoms with van der Waals surface area (Å²) in [6.07, 6.45) is 0.817. The van der Waals surface area contributed by atoms with Crippen molar-refractivity contribution in [2.24, 2.45) is 0 Å². The van der Waals surface area contributed by atoms with Crippen LogP contribution >= 0.6 is 0 Å². The monoisotopic (exact) mass is 265 g/mol. The lowest BCUT2D eigenvalue weighted by Gasteiger charge is -2.16. The van der Waals surface area contributed by atoms with Crippen LogP contribution in [0.5, 0.6) is 0 Å². The fourth-order valence-corrected chi connectivity index (χ4v) is 1.76. The average molecular weight is 265 g/mol. The Morgan fingerprint density at radius 2 is 1.89 bits per heavy atom. The zero-order valence-corrected chi connectivity index (χ0v) is 11.3. The minimum Gasteiger partial charge on any atom is -0.481 e. The Balaban J connectivity index is 2.44. The lowest BCUT2D eigenvalue weighted by atomic mass is 10.1. The van der Waals surface area contributed by atoms with Crippen LogP contribution < -0.4 is 0 Å². The molecule has 0 atom stereocenters. The third-order valence-corrected chi connectivity index (χ3v) is 2.76. The van der Waals surface area contributed by atoms with Gasteiger partial charge in [0.15, 0.2) is 0 Å². The van der Waals surface area contributed by atoms with Crippen LogP contribution in [-0.4, -0.2) is 42.6 Å². The Bertz CT molecular complexity index is 428. The van der Waals surface area contributed by atoms with Crippen LogP contribution in [0.4, 0.5) is 0 Å². The molecule has 5 heteroatoms. The molecule has 1 aromatic carbocycles. The molecular formula is C14H19NO4. The summed E-state index contributed by atoms with van der Waals surface area (Å²) >= 11 is 0. The van der Waals surface area contributed by atoms with Gasteiger partial charge in [0.25, 0.3) is 0 Å². The van der Waals surface area contributed by atoms with Gasteiger partial charge >= 0.3 is 11.9 Å². The average Bonchev–Trinajstić information content (AvgIpc) is 2.38. The molecule has 0 radical (unpaired) electrons. The van der Waals surface area contributed by atoms with Crippen molar-refractivity contribution in [2.45, 2.75) is 19.4 Å². The third-order valence-electron chi connectivity index (χ3n) is 2.76. The maximum atomic E-state index is 11.3. The van der Waals surface area contributed by atoms with Gasteiger partial charge in [-0.2, -0.15) is 0 Å². The number of carbonyl (C=O) groups is 2. The molecule has 0 saturated carbocycles. The van der Waals surface area contributed by atoms with Crippen LogP contribution in [0.15, 0.2) is 24.3 Å². The van der Waals surface area contributed by atoms with Gasteiger partial charge in [0, 0.05) is 13.0 Å². The molecule has 0 aliphatic heterocycles. The van der Waals surface area contributed by atoms with Gasteiger partial charge in [-0.05, 0) is 37.7 Å². The molecule has 0 aromatic heterocycles. The van der Waals surface area contributed by atoms with Crippen molar-refractivity contribution >= 4 is 11.9 Å². The number of methoxy groups -OCH3 is 1. The van der Waals surface area contributed by atoms with Crippen molar-refractivity contribution in [2.75, 3.05) is 20.7 Å². The minimum absolute atomic E-state index is 0.186.